The van der Waals surface area contributed by atoms with Gasteiger partial charge in [-0.2, -0.15) is 0 Å². The number of nitrogens with one attached hydrogen (secondary N) is 1. The highest BCUT2D eigenvalue weighted by Gasteiger charge is 2.28. The van der Waals surface area contributed by atoms with Crippen LogP contribution in [-0.2, 0) is 9.53 Å². The number of amides is 1. The van der Waals surface area contributed by atoms with E-state index in [4.69, 9.17) is 9.15 Å². The summed E-state index contributed by atoms with van der Waals surface area (Å²) in [5, 5.41) is 10.6. The molecule has 6 heteroatoms. The molecule has 2 rings (SSSR count). The van der Waals surface area contributed by atoms with Crippen molar-refractivity contribution in [1.29, 1.82) is 0 Å². The summed E-state index contributed by atoms with van der Waals surface area (Å²) in [5.74, 6) is 0.873. The van der Waals surface area contributed by atoms with E-state index in [2.05, 4.69) is 15.5 Å². The van der Waals surface area contributed by atoms with Crippen LogP contribution in [0.2, 0.25) is 0 Å². The molecule has 2 atom stereocenters. The van der Waals surface area contributed by atoms with Crippen molar-refractivity contribution in [2.24, 2.45) is 11.8 Å². The van der Waals surface area contributed by atoms with Crippen molar-refractivity contribution in [1.82, 2.24) is 15.5 Å². The Morgan fingerprint density at radius 2 is 2.09 bits per heavy atom. The maximum absolute atomic E-state index is 12.0. The molecule has 0 radical (unpaired) electrons. The second-order valence-electron chi connectivity index (χ2n) is 6.46. The van der Waals surface area contributed by atoms with Crippen molar-refractivity contribution < 1.29 is 13.9 Å². The molecule has 124 valence electrons. The Morgan fingerprint density at radius 1 is 1.36 bits per heavy atom. The van der Waals surface area contributed by atoms with Crippen molar-refractivity contribution in [2.75, 3.05) is 6.61 Å². The fourth-order valence-corrected chi connectivity index (χ4v) is 2.75. The number of hydrogen-bond acceptors (Lipinski definition) is 5. The van der Waals surface area contributed by atoms with E-state index in [1.807, 2.05) is 20.8 Å². The molecule has 2 unspecified atom stereocenters. The second-order valence-corrected chi connectivity index (χ2v) is 6.46. The lowest BCUT2D eigenvalue weighted by Gasteiger charge is -2.27. The Balaban J connectivity index is 1.93. The highest BCUT2D eigenvalue weighted by molar-refractivity contribution is 5.78. The fraction of sp³-hybridized carbons (Fsp3) is 0.812. The van der Waals surface area contributed by atoms with Crippen molar-refractivity contribution in [2.45, 2.75) is 65.0 Å². The predicted molar refractivity (Wildman–Crippen MR) is 82.0 cm³/mol. The molecular weight excluding hydrogens is 282 g/mol. The Hall–Kier alpha value is -1.43. The number of aromatic nitrogens is 2. The zero-order valence-electron chi connectivity index (χ0n) is 13.7. The van der Waals surface area contributed by atoms with Crippen molar-refractivity contribution >= 4 is 5.91 Å². The van der Waals surface area contributed by atoms with Crippen LogP contribution < -0.4 is 5.32 Å². The standard InChI is InChI=1S/C16H27N3O3/c1-11(2)15(20)18-14(16-19-17-10-22-16)12(3)21-9-13-7-5-4-6-8-13/h10-14H,4-9H2,1-3H3,(H,18,20). The zero-order chi connectivity index (χ0) is 15.9. The summed E-state index contributed by atoms with van der Waals surface area (Å²) in [4.78, 5) is 12.0. The van der Waals surface area contributed by atoms with E-state index in [1.165, 1.54) is 38.5 Å². The summed E-state index contributed by atoms with van der Waals surface area (Å²) in [7, 11) is 0. The smallest absolute Gasteiger partial charge is 0.241 e. The highest BCUT2D eigenvalue weighted by atomic mass is 16.5. The molecule has 1 aromatic heterocycles. The van der Waals surface area contributed by atoms with Crippen LogP contribution in [0.25, 0.3) is 0 Å². The minimum atomic E-state index is -0.402. The van der Waals surface area contributed by atoms with Gasteiger partial charge < -0.3 is 14.5 Å². The molecule has 1 fully saturated rings. The summed E-state index contributed by atoms with van der Waals surface area (Å²) >= 11 is 0. The first-order valence-corrected chi connectivity index (χ1v) is 8.26. The van der Waals surface area contributed by atoms with Gasteiger partial charge in [0.15, 0.2) is 0 Å². The van der Waals surface area contributed by atoms with Crippen LogP contribution in [0.15, 0.2) is 10.8 Å². The van der Waals surface area contributed by atoms with Crippen LogP contribution in [0.3, 0.4) is 0 Å². The first-order chi connectivity index (χ1) is 10.6. The van der Waals surface area contributed by atoms with Gasteiger partial charge in [-0.3, -0.25) is 4.79 Å². The Kier molecular flexibility index (Phi) is 6.36. The molecule has 6 nitrogen and oxygen atoms in total. The lowest BCUT2D eigenvalue weighted by Crippen LogP contribution is -2.39. The molecule has 0 aliphatic heterocycles. The monoisotopic (exact) mass is 309 g/mol. The summed E-state index contributed by atoms with van der Waals surface area (Å²) in [6, 6.07) is -0.402. The molecule has 1 aliphatic carbocycles. The number of nitrogens with zero attached hydrogens (tertiary/aromatic N) is 2. The van der Waals surface area contributed by atoms with Crippen LogP contribution >= 0.6 is 0 Å². The summed E-state index contributed by atoms with van der Waals surface area (Å²) in [6.45, 7) is 6.38. The molecule has 1 amide bonds. The van der Waals surface area contributed by atoms with Gasteiger partial charge in [0.1, 0.15) is 6.04 Å². The van der Waals surface area contributed by atoms with Gasteiger partial charge in [-0.1, -0.05) is 33.1 Å². The van der Waals surface area contributed by atoms with Crippen LogP contribution in [0.1, 0.15) is 64.8 Å². The van der Waals surface area contributed by atoms with E-state index in [0.29, 0.717) is 11.8 Å². The second kappa shape index (κ2) is 8.27. The SMILES string of the molecule is CC(C)C(=O)NC(c1nnco1)C(C)OCC1CCCCC1. The number of rotatable bonds is 7. The average Bonchev–Trinajstić information content (AvgIpc) is 3.05. The summed E-state index contributed by atoms with van der Waals surface area (Å²) < 4.78 is 11.3. The van der Waals surface area contributed by atoms with E-state index in [-0.39, 0.29) is 17.9 Å². The molecule has 1 aliphatic rings. The van der Waals surface area contributed by atoms with Crippen LogP contribution in [-0.4, -0.2) is 28.8 Å². The minimum absolute atomic E-state index is 0.0451. The highest BCUT2D eigenvalue weighted by Crippen LogP contribution is 2.25. The lowest BCUT2D eigenvalue weighted by atomic mass is 9.90. The molecule has 0 spiro atoms. The third-order valence-corrected chi connectivity index (χ3v) is 4.25. The first kappa shape index (κ1) is 16.9. The van der Waals surface area contributed by atoms with Gasteiger partial charge in [0.05, 0.1) is 6.10 Å². The van der Waals surface area contributed by atoms with Gasteiger partial charge in [0.2, 0.25) is 18.2 Å². The van der Waals surface area contributed by atoms with Crippen molar-refractivity contribution in [3.8, 4) is 0 Å². The van der Waals surface area contributed by atoms with E-state index in [9.17, 15) is 4.79 Å². The number of carbonyl (C=O) groups is 1. The quantitative estimate of drug-likeness (QED) is 0.838. The Bertz CT molecular complexity index is 441. The number of ether oxygens (including phenoxy) is 1. The van der Waals surface area contributed by atoms with Crippen LogP contribution in [0.5, 0.6) is 0 Å². The predicted octanol–water partition coefficient (Wildman–Crippen LogP) is 2.87. The van der Waals surface area contributed by atoms with Gasteiger partial charge in [0.25, 0.3) is 0 Å². The molecule has 22 heavy (non-hydrogen) atoms. The molecule has 1 aromatic rings. The maximum Gasteiger partial charge on any atom is 0.241 e. The molecule has 1 heterocycles. The van der Waals surface area contributed by atoms with Crippen molar-refractivity contribution in [3.63, 3.8) is 0 Å². The maximum atomic E-state index is 12.0. The van der Waals surface area contributed by atoms with Crippen LogP contribution in [0, 0.1) is 11.8 Å². The number of carbonyl (C=O) groups excluding carboxylic acids is 1. The van der Waals surface area contributed by atoms with E-state index in [1.54, 1.807) is 0 Å². The molecule has 0 bridgehead atoms. The van der Waals surface area contributed by atoms with Gasteiger partial charge in [-0.25, -0.2) is 0 Å². The third kappa shape index (κ3) is 4.80. The van der Waals surface area contributed by atoms with E-state index < -0.39 is 6.04 Å². The summed E-state index contributed by atoms with van der Waals surface area (Å²) in [6.07, 6.45) is 7.45. The lowest BCUT2D eigenvalue weighted by molar-refractivity contribution is -0.126. The molecule has 1 saturated carbocycles. The fourth-order valence-electron chi connectivity index (χ4n) is 2.75. The molecular formula is C16H27N3O3. The normalized spacial score (nSPS) is 19.1. The van der Waals surface area contributed by atoms with E-state index >= 15 is 0 Å². The third-order valence-electron chi connectivity index (χ3n) is 4.25. The number of hydrogen-bond donors (Lipinski definition) is 1. The topological polar surface area (TPSA) is 77.3 Å². The van der Waals surface area contributed by atoms with Gasteiger partial charge in [-0.05, 0) is 25.7 Å². The van der Waals surface area contributed by atoms with Crippen molar-refractivity contribution in [3.05, 3.63) is 12.3 Å². The Labute approximate surface area is 132 Å². The molecule has 0 saturated heterocycles. The van der Waals surface area contributed by atoms with E-state index in [0.717, 1.165) is 6.61 Å². The van der Waals surface area contributed by atoms with Crippen LogP contribution in [0.4, 0.5) is 0 Å². The van der Waals surface area contributed by atoms with Gasteiger partial charge in [0, 0.05) is 12.5 Å². The largest absolute Gasteiger partial charge is 0.426 e. The Morgan fingerprint density at radius 3 is 2.68 bits per heavy atom. The van der Waals surface area contributed by atoms with Gasteiger partial charge in [-0.15, -0.1) is 10.2 Å². The zero-order valence-corrected chi connectivity index (χ0v) is 13.7. The minimum Gasteiger partial charge on any atom is -0.426 e. The molecule has 0 aromatic carbocycles. The average molecular weight is 309 g/mol. The molecule has 1 N–H and O–H groups in total. The van der Waals surface area contributed by atoms with Gasteiger partial charge >= 0.3 is 0 Å². The first-order valence-electron chi connectivity index (χ1n) is 8.26. The summed E-state index contributed by atoms with van der Waals surface area (Å²) in [5.41, 5.74) is 0.